The third-order valence-corrected chi connectivity index (χ3v) is 3.40. The van der Waals surface area contributed by atoms with Crippen LogP contribution in [0.4, 0.5) is 0 Å². The van der Waals surface area contributed by atoms with Crippen LogP contribution >= 0.6 is 12.2 Å². The fourth-order valence-electron chi connectivity index (χ4n) is 1.78. The van der Waals surface area contributed by atoms with Crippen molar-refractivity contribution in [3.8, 4) is 0 Å². The van der Waals surface area contributed by atoms with Crippen molar-refractivity contribution in [2.75, 3.05) is 14.1 Å². The van der Waals surface area contributed by atoms with Crippen molar-refractivity contribution in [2.24, 2.45) is 11.1 Å². The predicted molar refractivity (Wildman–Crippen MR) is 72.2 cm³/mol. The second-order valence-corrected chi connectivity index (χ2v) is 6.28. The van der Waals surface area contributed by atoms with Gasteiger partial charge in [0.2, 0.25) is 0 Å². The van der Waals surface area contributed by atoms with Gasteiger partial charge in [0.1, 0.15) is 0 Å². The molecule has 0 aromatic heterocycles. The Morgan fingerprint density at radius 3 is 2.07 bits per heavy atom. The van der Waals surface area contributed by atoms with Crippen LogP contribution in [-0.2, 0) is 0 Å². The van der Waals surface area contributed by atoms with E-state index in [-0.39, 0.29) is 5.54 Å². The standard InChI is InChI=1S/C12H26N2S/c1-7-11(2,3)9-12(4,13)8-10(15)14(5)6/h7-9,13H2,1-6H3. The molecule has 0 heterocycles. The van der Waals surface area contributed by atoms with Gasteiger partial charge in [-0.15, -0.1) is 0 Å². The Labute approximate surface area is 100 Å². The van der Waals surface area contributed by atoms with Crippen LogP contribution in [-0.4, -0.2) is 29.5 Å². The summed E-state index contributed by atoms with van der Waals surface area (Å²) < 4.78 is 0. The van der Waals surface area contributed by atoms with Gasteiger partial charge in [0.05, 0.1) is 4.99 Å². The molecule has 2 N–H and O–H groups in total. The quantitative estimate of drug-likeness (QED) is 0.736. The zero-order valence-electron chi connectivity index (χ0n) is 11.1. The smallest absolute Gasteiger partial charge is 0.0792 e. The van der Waals surface area contributed by atoms with Crippen molar-refractivity contribution in [3.05, 3.63) is 0 Å². The first-order chi connectivity index (χ1) is 6.59. The lowest BCUT2D eigenvalue weighted by molar-refractivity contribution is 0.240. The molecule has 0 aliphatic carbocycles. The van der Waals surface area contributed by atoms with E-state index < -0.39 is 0 Å². The topological polar surface area (TPSA) is 29.3 Å². The van der Waals surface area contributed by atoms with Crippen LogP contribution in [0, 0.1) is 5.41 Å². The summed E-state index contributed by atoms with van der Waals surface area (Å²) in [5.74, 6) is 0. The molecule has 0 aromatic rings. The molecule has 0 aliphatic rings. The average molecular weight is 230 g/mol. The molecule has 2 nitrogen and oxygen atoms in total. The largest absolute Gasteiger partial charge is 0.372 e. The lowest BCUT2D eigenvalue weighted by Gasteiger charge is -2.35. The highest BCUT2D eigenvalue weighted by atomic mass is 32.1. The van der Waals surface area contributed by atoms with E-state index >= 15 is 0 Å². The normalized spacial score (nSPS) is 15.9. The zero-order valence-corrected chi connectivity index (χ0v) is 11.9. The first-order valence-corrected chi connectivity index (χ1v) is 5.99. The minimum atomic E-state index is -0.194. The van der Waals surface area contributed by atoms with Gasteiger partial charge >= 0.3 is 0 Å². The Bertz CT molecular complexity index is 220. The summed E-state index contributed by atoms with van der Waals surface area (Å²) in [6.45, 7) is 8.83. The minimum Gasteiger partial charge on any atom is -0.372 e. The van der Waals surface area contributed by atoms with Gasteiger partial charge in [-0.05, 0) is 18.8 Å². The first-order valence-electron chi connectivity index (χ1n) is 5.59. The molecule has 3 heteroatoms. The second-order valence-electron chi connectivity index (χ2n) is 5.81. The van der Waals surface area contributed by atoms with Crippen LogP contribution in [0.3, 0.4) is 0 Å². The first kappa shape index (κ1) is 14.8. The number of nitrogens with zero attached hydrogens (tertiary/aromatic N) is 1. The summed E-state index contributed by atoms with van der Waals surface area (Å²) in [7, 11) is 3.95. The molecule has 0 spiro atoms. The Morgan fingerprint density at radius 2 is 1.73 bits per heavy atom. The highest BCUT2D eigenvalue weighted by Gasteiger charge is 2.29. The van der Waals surface area contributed by atoms with Gasteiger partial charge < -0.3 is 10.6 Å². The molecule has 90 valence electrons. The van der Waals surface area contributed by atoms with Crippen LogP contribution in [0.25, 0.3) is 0 Å². The third-order valence-electron chi connectivity index (χ3n) is 2.89. The van der Waals surface area contributed by atoms with E-state index in [9.17, 15) is 0 Å². The maximum absolute atomic E-state index is 6.30. The molecule has 0 saturated carbocycles. The molecule has 0 bridgehead atoms. The molecule has 1 unspecified atom stereocenters. The lowest BCUT2D eigenvalue weighted by Crippen LogP contribution is -2.44. The van der Waals surface area contributed by atoms with Gasteiger partial charge in [-0.3, -0.25) is 0 Å². The van der Waals surface area contributed by atoms with Crippen molar-refractivity contribution in [2.45, 2.75) is 52.5 Å². The van der Waals surface area contributed by atoms with Gasteiger partial charge in [0, 0.05) is 26.1 Å². The maximum Gasteiger partial charge on any atom is 0.0792 e. The van der Waals surface area contributed by atoms with E-state index in [0.717, 1.165) is 24.3 Å². The third kappa shape index (κ3) is 6.10. The Morgan fingerprint density at radius 1 is 1.27 bits per heavy atom. The Balaban J connectivity index is 4.37. The van der Waals surface area contributed by atoms with E-state index in [2.05, 4.69) is 27.7 Å². The number of hydrogen-bond acceptors (Lipinski definition) is 2. The molecule has 0 amide bonds. The molecule has 0 aromatic carbocycles. The summed E-state index contributed by atoms with van der Waals surface area (Å²) in [4.78, 5) is 2.91. The van der Waals surface area contributed by atoms with Crippen molar-refractivity contribution in [1.29, 1.82) is 0 Å². The van der Waals surface area contributed by atoms with Gasteiger partial charge in [-0.2, -0.15) is 0 Å². The maximum atomic E-state index is 6.30. The fraction of sp³-hybridized carbons (Fsp3) is 0.917. The fourth-order valence-corrected chi connectivity index (χ4v) is 2.11. The van der Waals surface area contributed by atoms with Crippen LogP contribution < -0.4 is 5.73 Å². The van der Waals surface area contributed by atoms with Gasteiger partial charge in [0.15, 0.2) is 0 Å². The molecular weight excluding hydrogens is 204 g/mol. The van der Waals surface area contributed by atoms with Crippen molar-refractivity contribution < 1.29 is 0 Å². The SMILES string of the molecule is CCC(C)(C)CC(C)(N)CC(=S)N(C)C. The number of rotatable bonds is 5. The van der Waals surface area contributed by atoms with E-state index in [1.54, 1.807) is 0 Å². The van der Waals surface area contributed by atoms with Gasteiger partial charge in [0.25, 0.3) is 0 Å². The number of thiocarbonyl (C=S) groups is 1. The summed E-state index contributed by atoms with van der Waals surface area (Å²) >= 11 is 5.30. The van der Waals surface area contributed by atoms with Gasteiger partial charge in [-0.1, -0.05) is 39.4 Å². The molecule has 0 radical (unpaired) electrons. The zero-order chi connectivity index (χ0) is 12.3. The molecule has 0 aliphatic heterocycles. The van der Waals surface area contributed by atoms with Crippen LogP contribution in [0.15, 0.2) is 0 Å². The molecule has 0 fully saturated rings. The molecular formula is C12H26N2S. The van der Waals surface area contributed by atoms with Crippen LogP contribution in [0.1, 0.15) is 47.0 Å². The van der Waals surface area contributed by atoms with E-state index in [1.807, 2.05) is 19.0 Å². The highest BCUT2D eigenvalue weighted by Crippen LogP contribution is 2.31. The Hall–Kier alpha value is -0.150. The van der Waals surface area contributed by atoms with E-state index in [1.165, 1.54) is 0 Å². The molecule has 1 atom stereocenters. The van der Waals surface area contributed by atoms with Crippen molar-refractivity contribution in [3.63, 3.8) is 0 Å². The van der Waals surface area contributed by atoms with Crippen molar-refractivity contribution >= 4 is 17.2 Å². The Kier molecular flexibility index (Phi) is 5.21. The van der Waals surface area contributed by atoms with E-state index in [0.29, 0.717) is 5.41 Å². The number of hydrogen-bond donors (Lipinski definition) is 1. The summed E-state index contributed by atoms with van der Waals surface area (Å²) in [5.41, 5.74) is 6.41. The number of nitrogens with two attached hydrogens (primary N) is 1. The predicted octanol–water partition coefficient (Wildman–Crippen LogP) is 2.81. The molecule has 0 saturated heterocycles. The summed E-state index contributed by atoms with van der Waals surface area (Å²) in [6.07, 6.45) is 2.94. The molecule has 15 heavy (non-hydrogen) atoms. The highest BCUT2D eigenvalue weighted by molar-refractivity contribution is 7.80. The molecule has 0 rings (SSSR count). The van der Waals surface area contributed by atoms with Crippen LogP contribution in [0.2, 0.25) is 0 Å². The lowest BCUT2D eigenvalue weighted by atomic mass is 9.76. The summed E-state index contributed by atoms with van der Waals surface area (Å²) in [6, 6.07) is 0. The monoisotopic (exact) mass is 230 g/mol. The average Bonchev–Trinajstić information content (AvgIpc) is 2.01. The van der Waals surface area contributed by atoms with Crippen molar-refractivity contribution in [1.82, 2.24) is 4.90 Å². The van der Waals surface area contributed by atoms with Gasteiger partial charge in [-0.25, -0.2) is 0 Å². The second kappa shape index (κ2) is 5.26. The van der Waals surface area contributed by atoms with E-state index in [4.69, 9.17) is 18.0 Å². The minimum absolute atomic E-state index is 0.194. The van der Waals surface area contributed by atoms with Crippen LogP contribution in [0.5, 0.6) is 0 Å². The summed E-state index contributed by atoms with van der Waals surface area (Å²) in [5, 5.41) is 0.